The summed E-state index contributed by atoms with van der Waals surface area (Å²) in [5.41, 5.74) is 3.61. The van der Waals surface area contributed by atoms with Crippen molar-refractivity contribution in [3.05, 3.63) is 33.7 Å². The number of aryl methyl sites for hydroxylation is 2. The molecule has 0 aliphatic carbocycles. The minimum Gasteiger partial charge on any atom is -0.337 e. The van der Waals surface area contributed by atoms with Crippen molar-refractivity contribution in [2.24, 2.45) is 0 Å². The number of imidazole rings is 1. The molecule has 1 aliphatic rings. The third-order valence-electron chi connectivity index (χ3n) is 4.37. The zero-order chi connectivity index (χ0) is 15.7. The molecule has 1 aliphatic heterocycles. The van der Waals surface area contributed by atoms with Crippen molar-refractivity contribution in [3.8, 4) is 0 Å². The van der Waals surface area contributed by atoms with E-state index in [1.54, 1.807) is 0 Å². The van der Waals surface area contributed by atoms with Crippen LogP contribution in [0.25, 0.3) is 5.65 Å². The summed E-state index contributed by atoms with van der Waals surface area (Å²) in [5.74, 6) is 0.128. The highest BCUT2D eigenvalue weighted by Crippen LogP contribution is 2.23. The molecule has 0 saturated carbocycles. The lowest BCUT2D eigenvalue weighted by molar-refractivity contribution is 0.0753. The second kappa shape index (κ2) is 6.41. The van der Waals surface area contributed by atoms with E-state index >= 15 is 0 Å². The number of nitrogens with zero attached hydrogens (tertiary/aromatic N) is 3. The first-order valence-corrected chi connectivity index (χ1v) is 8.87. The first-order chi connectivity index (χ1) is 10.6. The van der Waals surface area contributed by atoms with Gasteiger partial charge in [-0.05, 0) is 53.7 Å². The minimum absolute atomic E-state index is 0.128. The van der Waals surface area contributed by atoms with Gasteiger partial charge in [0.2, 0.25) is 0 Å². The summed E-state index contributed by atoms with van der Waals surface area (Å²) in [6, 6.07) is 2.04. The van der Waals surface area contributed by atoms with Crippen molar-refractivity contribution in [1.82, 2.24) is 14.3 Å². The van der Waals surface area contributed by atoms with E-state index in [2.05, 4.69) is 22.9 Å². The molecule has 3 heterocycles. The van der Waals surface area contributed by atoms with Gasteiger partial charge in [0, 0.05) is 23.8 Å². The Balaban J connectivity index is 2.09. The summed E-state index contributed by atoms with van der Waals surface area (Å²) in [6.45, 7) is 5.82. The van der Waals surface area contributed by atoms with E-state index < -0.39 is 0 Å². The van der Waals surface area contributed by atoms with Crippen molar-refractivity contribution in [3.63, 3.8) is 0 Å². The zero-order valence-corrected chi connectivity index (χ0v) is 14.8. The second-order valence-electron chi connectivity index (χ2n) is 6.00. The summed E-state index contributed by atoms with van der Waals surface area (Å²) in [4.78, 5) is 19.8. The van der Waals surface area contributed by atoms with E-state index in [4.69, 9.17) is 4.98 Å². The van der Waals surface area contributed by atoms with Gasteiger partial charge in [0.15, 0.2) is 0 Å². The molecule has 1 fully saturated rings. The Morgan fingerprint density at radius 2 is 1.95 bits per heavy atom. The second-order valence-corrected chi connectivity index (χ2v) is 6.92. The Kier molecular flexibility index (Phi) is 4.52. The number of likely N-dealkylation sites (tertiary alicyclic amines) is 1. The van der Waals surface area contributed by atoms with Gasteiger partial charge in [-0.2, -0.15) is 0 Å². The fourth-order valence-corrected chi connectivity index (χ4v) is 3.76. The zero-order valence-electron chi connectivity index (χ0n) is 13.2. The molecule has 0 bridgehead atoms. The van der Waals surface area contributed by atoms with Crippen LogP contribution in [-0.4, -0.2) is 33.3 Å². The molecule has 0 unspecified atom stereocenters. The lowest BCUT2D eigenvalue weighted by Crippen LogP contribution is -2.33. The largest absolute Gasteiger partial charge is 0.337 e. The predicted octanol–water partition coefficient (Wildman–Crippen LogP) is 3.98. The Hall–Kier alpha value is -1.36. The number of carbonyl (C=O) groups is 1. The number of carbonyl (C=O) groups excluding carboxylic acids is 1. The van der Waals surface area contributed by atoms with Crippen molar-refractivity contribution in [2.45, 2.75) is 46.0 Å². The Morgan fingerprint density at radius 1 is 1.27 bits per heavy atom. The Morgan fingerprint density at radius 3 is 2.59 bits per heavy atom. The van der Waals surface area contributed by atoms with Gasteiger partial charge < -0.3 is 4.90 Å². The third kappa shape index (κ3) is 2.78. The maximum atomic E-state index is 13.1. The quantitative estimate of drug-likeness (QED) is 0.808. The van der Waals surface area contributed by atoms with Crippen molar-refractivity contribution in [2.75, 3.05) is 13.1 Å². The van der Waals surface area contributed by atoms with E-state index in [1.807, 2.05) is 28.5 Å². The van der Waals surface area contributed by atoms with E-state index in [9.17, 15) is 4.79 Å². The first-order valence-electron chi connectivity index (χ1n) is 8.08. The summed E-state index contributed by atoms with van der Waals surface area (Å²) in [7, 11) is 0. The first kappa shape index (κ1) is 15.5. The van der Waals surface area contributed by atoms with Crippen LogP contribution in [0.15, 0.2) is 16.7 Å². The number of aromatic nitrogens is 2. The van der Waals surface area contributed by atoms with Gasteiger partial charge in [0.05, 0.1) is 5.69 Å². The highest BCUT2D eigenvalue weighted by atomic mass is 79.9. The van der Waals surface area contributed by atoms with Crippen LogP contribution in [0.1, 0.15) is 54.4 Å². The molecule has 1 amide bonds. The molecule has 0 atom stereocenters. The number of hydrogen-bond acceptors (Lipinski definition) is 2. The fraction of sp³-hybridized carbons (Fsp3) is 0.529. The lowest BCUT2D eigenvalue weighted by atomic mass is 10.2. The highest BCUT2D eigenvalue weighted by molar-refractivity contribution is 9.10. The molecule has 0 radical (unpaired) electrons. The minimum atomic E-state index is 0.128. The summed E-state index contributed by atoms with van der Waals surface area (Å²) < 4.78 is 2.94. The van der Waals surface area contributed by atoms with Crippen LogP contribution in [0.2, 0.25) is 0 Å². The molecule has 2 aromatic heterocycles. The van der Waals surface area contributed by atoms with Crippen molar-refractivity contribution < 1.29 is 4.79 Å². The van der Waals surface area contributed by atoms with Gasteiger partial charge in [-0.3, -0.25) is 9.20 Å². The standard InChI is InChI=1S/C17H22BrN3O/c1-3-14-15(17(22)20-8-6-4-5-7-9-20)21-11-13(18)10-12(2)16(21)19-14/h10-11H,3-9H2,1-2H3. The van der Waals surface area contributed by atoms with Crippen LogP contribution in [0.5, 0.6) is 0 Å². The third-order valence-corrected chi connectivity index (χ3v) is 4.81. The molecule has 5 heteroatoms. The molecule has 118 valence electrons. The van der Waals surface area contributed by atoms with Gasteiger partial charge in [-0.1, -0.05) is 19.8 Å². The molecule has 1 saturated heterocycles. The molecular weight excluding hydrogens is 342 g/mol. The van der Waals surface area contributed by atoms with Crippen LogP contribution < -0.4 is 0 Å². The van der Waals surface area contributed by atoms with Gasteiger partial charge in [0.25, 0.3) is 5.91 Å². The molecule has 4 nitrogen and oxygen atoms in total. The molecule has 3 rings (SSSR count). The maximum absolute atomic E-state index is 13.1. The average molecular weight is 364 g/mol. The van der Waals surface area contributed by atoms with E-state index in [0.717, 1.165) is 59.4 Å². The van der Waals surface area contributed by atoms with E-state index in [-0.39, 0.29) is 5.91 Å². The predicted molar refractivity (Wildman–Crippen MR) is 91.4 cm³/mol. The van der Waals surface area contributed by atoms with Gasteiger partial charge >= 0.3 is 0 Å². The number of rotatable bonds is 2. The van der Waals surface area contributed by atoms with E-state index in [0.29, 0.717) is 0 Å². The number of halogens is 1. The lowest BCUT2D eigenvalue weighted by Gasteiger charge is -2.20. The van der Waals surface area contributed by atoms with Crippen LogP contribution >= 0.6 is 15.9 Å². The highest BCUT2D eigenvalue weighted by Gasteiger charge is 2.24. The van der Waals surface area contributed by atoms with Gasteiger partial charge in [0.1, 0.15) is 11.3 Å². The monoisotopic (exact) mass is 363 g/mol. The Labute approximate surface area is 139 Å². The molecule has 0 N–H and O–H groups in total. The average Bonchev–Trinajstić information content (AvgIpc) is 2.68. The van der Waals surface area contributed by atoms with Crippen molar-refractivity contribution >= 4 is 27.5 Å². The summed E-state index contributed by atoms with van der Waals surface area (Å²) >= 11 is 3.53. The molecular formula is C17H22BrN3O. The summed E-state index contributed by atoms with van der Waals surface area (Å²) in [5, 5.41) is 0. The number of amides is 1. The molecule has 2 aromatic rings. The van der Waals surface area contributed by atoms with Gasteiger partial charge in [-0.15, -0.1) is 0 Å². The van der Waals surface area contributed by atoms with E-state index in [1.165, 1.54) is 12.8 Å². The number of pyridine rings is 1. The van der Waals surface area contributed by atoms with Crippen molar-refractivity contribution in [1.29, 1.82) is 0 Å². The van der Waals surface area contributed by atoms with Gasteiger partial charge in [-0.25, -0.2) is 4.98 Å². The smallest absolute Gasteiger partial charge is 0.272 e. The van der Waals surface area contributed by atoms with Crippen LogP contribution in [0, 0.1) is 6.92 Å². The molecule has 22 heavy (non-hydrogen) atoms. The maximum Gasteiger partial charge on any atom is 0.272 e. The van der Waals surface area contributed by atoms with Crippen LogP contribution in [0.3, 0.4) is 0 Å². The van der Waals surface area contributed by atoms with Crippen LogP contribution in [0.4, 0.5) is 0 Å². The number of fused-ring (bicyclic) bond motifs is 1. The van der Waals surface area contributed by atoms with Crippen LogP contribution in [-0.2, 0) is 6.42 Å². The molecule has 0 aromatic carbocycles. The topological polar surface area (TPSA) is 37.6 Å². The SMILES string of the molecule is CCc1nc2c(C)cc(Br)cn2c1C(=O)N1CCCCCC1. The number of hydrogen-bond donors (Lipinski definition) is 0. The Bertz CT molecular complexity index is 699. The fourth-order valence-electron chi connectivity index (χ4n) is 3.21. The molecule has 0 spiro atoms. The summed E-state index contributed by atoms with van der Waals surface area (Å²) in [6.07, 6.45) is 7.39. The normalized spacial score (nSPS) is 16.0.